The Kier molecular flexibility index (Phi) is 9.83. The van der Waals surface area contributed by atoms with Crippen molar-refractivity contribution in [1.29, 1.82) is 0 Å². The maximum Gasteiger partial charge on any atom is 0.228 e. The molecule has 0 spiro atoms. The number of carbonyl (C=O) groups excluding carboxylic acids is 3. The quantitative estimate of drug-likeness (QED) is 0.263. The van der Waals surface area contributed by atoms with Crippen molar-refractivity contribution >= 4 is 35.9 Å². The van der Waals surface area contributed by atoms with Gasteiger partial charge in [0.25, 0.3) is 0 Å². The normalized spacial score (nSPS) is 15.9. The molecule has 2 N–H and O–H groups in total. The van der Waals surface area contributed by atoms with Gasteiger partial charge in [0.1, 0.15) is 12.1 Å². The van der Waals surface area contributed by atoms with Crippen LogP contribution in [0.3, 0.4) is 0 Å². The van der Waals surface area contributed by atoms with E-state index in [0.717, 1.165) is 32.2 Å². The number of halogens is 1. The third-order valence-electron chi connectivity index (χ3n) is 5.76. The van der Waals surface area contributed by atoms with Gasteiger partial charge in [0.2, 0.25) is 6.41 Å². The van der Waals surface area contributed by atoms with Crippen molar-refractivity contribution in [1.82, 2.24) is 15.3 Å². The molecule has 1 amide bonds. The van der Waals surface area contributed by atoms with Crippen LogP contribution in [0.15, 0.2) is 48.8 Å². The highest BCUT2D eigenvalue weighted by Crippen LogP contribution is 2.35. The van der Waals surface area contributed by atoms with E-state index in [0.29, 0.717) is 30.0 Å². The van der Waals surface area contributed by atoms with Gasteiger partial charge in [-0.3, -0.25) is 25.0 Å². The molecule has 1 fully saturated rings. The molecule has 0 saturated carbocycles. The number of ketones is 1. The largest absolute Gasteiger partial charge is 0.317 e. The van der Waals surface area contributed by atoms with E-state index in [1.165, 1.54) is 17.1 Å². The molecule has 9 heteroatoms. The number of nitrogens with zero attached hydrogens (tertiary/aromatic N) is 2. The molecule has 1 aliphatic rings. The predicted octanol–water partition coefficient (Wildman–Crippen LogP) is 3.20. The van der Waals surface area contributed by atoms with Crippen molar-refractivity contribution in [2.75, 3.05) is 30.8 Å². The first-order valence-electron chi connectivity index (χ1n) is 11.1. The maximum atomic E-state index is 13.3. The van der Waals surface area contributed by atoms with E-state index in [-0.39, 0.29) is 29.2 Å². The highest BCUT2D eigenvalue weighted by molar-refractivity contribution is 8.00. The second-order valence-electron chi connectivity index (χ2n) is 7.96. The number of thioether (sulfide) groups is 1. The fraction of sp³-hybridized carbons (Fsp3) is 0.417. The molecule has 1 aromatic heterocycles. The summed E-state index contributed by atoms with van der Waals surface area (Å²) in [7, 11) is 0. The molecule has 0 radical (unpaired) electrons. The topological polar surface area (TPSA) is 91.4 Å². The summed E-state index contributed by atoms with van der Waals surface area (Å²) in [5.41, 5.74) is 4.07. The van der Waals surface area contributed by atoms with Gasteiger partial charge in [-0.05, 0) is 68.2 Å². The van der Waals surface area contributed by atoms with Gasteiger partial charge < -0.3 is 10.1 Å². The highest BCUT2D eigenvalue weighted by Gasteiger charge is 2.35. The monoisotopic (exact) mass is 472 g/mol. The van der Waals surface area contributed by atoms with E-state index in [1.807, 2.05) is 0 Å². The zero-order valence-corrected chi connectivity index (χ0v) is 19.2. The van der Waals surface area contributed by atoms with E-state index < -0.39 is 5.92 Å². The minimum Gasteiger partial charge on any atom is -0.317 e. The zero-order chi connectivity index (χ0) is 23.5. The minimum absolute atomic E-state index is 0.0515. The molecule has 33 heavy (non-hydrogen) atoms. The summed E-state index contributed by atoms with van der Waals surface area (Å²) >= 11 is 1.63. The summed E-state index contributed by atoms with van der Waals surface area (Å²) in [5.74, 6) is 0.00379. The van der Waals surface area contributed by atoms with Gasteiger partial charge in [0.05, 0.1) is 12.2 Å². The lowest BCUT2D eigenvalue weighted by atomic mass is 9.82. The average molecular weight is 473 g/mol. The van der Waals surface area contributed by atoms with E-state index in [9.17, 15) is 18.8 Å². The number of amides is 1. The number of Topliss-reactive ketones (excluding diaryl/α,β-unsaturated/α-hetero) is 1. The molecule has 0 bridgehead atoms. The first kappa shape index (κ1) is 24.9. The molecule has 1 aliphatic heterocycles. The summed E-state index contributed by atoms with van der Waals surface area (Å²) in [6.07, 6.45) is 6.68. The average Bonchev–Trinajstić information content (AvgIpc) is 2.86. The van der Waals surface area contributed by atoms with Crippen molar-refractivity contribution in [2.24, 2.45) is 11.8 Å². The smallest absolute Gasteiger partial charge is 0.228 e. The Balaban J connectivity index is 1.69. The van der Waals surface area contributed by atoms with Crippen LogP contribution in [-0.2, 0) is 9.59 Å². The van der Waals surface area contributed by atoms with Gasteiger partial charge >= 0.3 is 0 Å². The number of nitrogens with one attached hydrogen (secondary N) is 2. The molecule has 1 aromatic carbocycles. The number of piperidine rings is 1. The number of aromatic nitrogens is 1. The van der Waals surface area contributed by atoms with Crippen LogP contribution >= 0.6 is 11.8 Å². The number of pyridine rings is 1. The minimum atomic E-state index is -0.450. The van der Waals surface area contributed by atoms with Crippen LogP contribution in [0.4, 0.5) is 10.1 Å². The van der Waals surface area contributed by atoms with E-state index in [4.69, 9.17) is 0 Å². The third kappa shape index (κ3) is 7.36. The summed E-state index contributed by atoms with van der Waals surface area (Å²) in [5, 5.41) is 4.70. The van der Waals surface area contributed by atoms with Crippen molar-refractivity contribution in [3.63, 3.8) is 0 Å². The third-order valence-corrected chi connectivity index (χ3v) is 7.28. The fourth-order valence-corrected chi connectivity index (χ4v) is 5.67. The second kappa shape index (κ2) is 13.1. The predicted molar refractivity (Wildman–Crippen MR) is 127 cm³/mol. The second-order valence-corrected chi connectivity index (χ2v) is 9.24. The van der Waals surface area contributed by atoms with Crippen LogP contribution < -0.4 is 10.7 Å². The van der Waals surface area contributed by atoms with E-state index in [2.05, 4.69) is 15.7 Å². The Hall–Kier alpha value is -2.78. The number of aldehydes is 1. The van der Waals surface area contributed by atoms with Crippen molar-refractivity contribution < 1.29 is 18.8 Å². The van der Waals surface area contributed by atoms with Gasteiger partial charge in [0.15, 0.2) is 5.78 Å². The van der Waals surface area contributed by atoms with Crippen molar-refractivity contribution in [3.05, 3.63) is 60.2 Å². The SMILES string of the molecule is O=CCC(C(=O)c1cccnc1)C(SCCN(C=O)Nc1ccc(F)cc1)C1CCNCC1. The van der Waals surface area contributed by atoms with E-state index in [1.54, 1.807) is 48.4 Å². The molecular weight excluding hydrogens is 443 g/mol. The van der Waals surface area contributed by atoms with Gasteiger partial charge in [-0.1, -0.05) is 0 Å². The number of rotatable bonds is 13. The Bertz CT molecular complexity index is 894. The lowest BCUT2D eigenvalue weighted by molar-refractivity contribution is -0.116. The molecule has 2 aromatic rings. The number of hydrazine groups is 1. The number of hydrogen-bond donors (Lipinski definition) is 2. The van der Waals surface area contributed by atoms with Gasteiger partial charge in [0, 0.05) is 41.3 Å². The van der Waals surface area contributed by atoms with Crippen LogP contribution in [0.5, 0.6) is 0 Å². The molecule has 3 rings (SSSR count). The molecular formula is C24H29FN4O3S. The first-order valence-corrected chi connectivity index (χ1v) is 12.1. The molecule has 0 aliphatic carbocycles. The highest BCUT2D eigenvalue weighted by atomic mass is 32.2. The Morgan fingerprint density at radius 3 is 2.64 bits per heavy atom. The van der Waals surface area contributed by atoms with Gasteiger partial charge in [-0.25, -0.2) is 4.39 Å². The molecule has 1 saturated heterocycles. The van der Waals surface area contributed by atoms with Crippen LogP contribution in [0.1, 0.15) is 29.6 Å². The Morgan fingerprint density at radius 2 is 2.00 bits per heavy atom. The van der Waals surface area contributed by atoms with Crippen molar-refractivity contribution in [3.8, 4) is 0 Å². The Labute approximate surface area is 197 Å². The fourth-order valence-electron chi connectivity index (χ4n) is 4.08. The molecule has 7 nitrogen and oxygen atoms in total. The molecule has 2 atom stereocenters. The number of hydrogen-bond acceptors (Lipinski definition) is 7. The number of carbonyl (C=O) groups is 3. The summed E-state index contributed by atoms with van der Waals surface area (Å²) in [6, 6.07) is 9.22. The van der Waals surface area contributed by atoms with Crippen LogP contribution in [0.2, 0.25) is 0 Å². The van der Waals surface area contributed by atoms with E-state index >= 15 is 0 Å². The standard InChI is InChI=1S/C24H29FN4O3S/c25-20-3-5-21(6-4-20)28-29(17-31)13-15-33-24(18-7-11-26-12-8-18)22(9-14-30)23(32)19-2-1-10-27-16-19/h1-6,10,14,16-18,22,24,26,28H,7-9,11-13,15H2. The summed E-state index contributed by atoms with van der Waals surface area (Å²) in [6.45, 7) is 2.15. The number of anilines is 1. The van der Waals surface area contributed by atoms with Gasteiger partial charge in [-0.2, -0.15) is 11.8 Å². The lowest BCUT2D eigenvalue weighted by Crippen LogP contribution is -2.40. The van der Waals surface area contributed by atoms with Crippen molar-refractivity contribution in [2.45, 2.75) is 24.5 Å². The molecule has 176 valence electrons. The zero-order valence-electron chi connectivity index (χ0n) is 18.4. The van der Waals surface area contributed by atoms with Crippen LogP contribution in [0.25, 0.3) is 0 Å². The first-order chi connectivity index (χ1) is 16.1. The summed E-state index contributed by atoms with van der Waals surface area (Å²) in [4.78, 5) is 40.4. The van der Waals surface area contributed by atoms with Crippen LogP contribution in [-0.4, -0.2) is 59.1 Å². The maximum absolute atomic E-state index is 13.3. The number of benzene rings is 1. The Morgan fingerprint density at radius 1 is 1.24 bits per heavy atom. The molecule has 2 unspecified atom stereocenters. The van der Waals surface area contributed by atoms with Crippen LogP contribution in [0, 0.1) is 17.7 Å². The lowest BCUT2D eigenvalue weighted by Gasteiger charge is -2.35. The summed E-state index contributed by atoms with van der Waals surface area (Å²) < 4.78 is 13.1. The van der Waals surface area contributed by atoms with Gasteiger partial charge in [-0.15, -0.1) is 0 Å². The molecule has 2 heterocycles.